The first-order chi connectivity index (χ1) is 13.9. The molecule has 148 valence electrons. The van der Waals surface area contributed by atoms with Gasteiger partial charge in [0.25, 0.3) is 11.6 Å². The predicted octanol–water partition coefficient (Wildman–Crippen LogP) is 4.44. The Balaban J connectivity index is 1.80. The molecule has 0 atom stereocenters. The van der Waals surface area contributed by atoms with Gasteiger partial charge in [-0.15, -0.1) is 6.58 Å². The lowest BCUT2D eigenvalue weighted by Crippen LogP contribution is -2.31. The summed E-state index contributed by atoms with van der Waals surface area (Å²) in [6.07, 6.45) is 1.58. The van der Waals surface area contributed by atoms with Crippen LogP contribution in [0.4, 0.5) is 5.69 Å². The van der Waals surface area contributed by atoms with Crippen molar-refractivity contribution < 1.29 is 14.2 Å². The average molecular weight is 413 g/mol. The minimum absolute atomic E-state index is 0.0404. The van der Waals surface area contributed by atoms with Crippen molar-refractivity contribution in [1.29, 1.82) is 0 Å². The Morgan fingerprint density at radius 2 is 2.03 bits per heavy atom. The lowest BCUT2D eigenvalue weighted by atomic mass is 10.1. The number of aryl methyl sites for hydroxylation is 1. The largest absolute Gasteiger partial charge is 0.337 e. The number of aromatic nitrogens is 2. The second-order valence-electron chi connectivity index (χ2n) is 6.25. The molecule has 0 aliphatic rings. The van der Waals surface area contributed by atoms with Crippen LogP contribution >= 0.6 is 11.6 Å². The first-order valence-corrected chi connectivity index (χ1v) is 9.00. The molecule has 0 saturated carbocycles. The number of nitro benzene ring substituents is 1. The summed E-state index contributed by atoms with van der Waals surface area (Å²) in [7, 11) is 0. The quantitative estimate of drug-likeness (QED) is 0.323. The zero-order valence-corrected chi connectivity index (χ0v) is 16.3. The number of hydrogen-bond donors (Lipinski definition) is 0. The lowest BCUT2D eigenvalue weighted by Gasteiger charge is -2.19. The first-order valence-electron chi connectivity index (χ1n) is 8.62. The molecule has 0 aliphatic heterocycles. The molecule has 0 N–H and O–H groups in total. The van der Waals surface area contributed by atoms with Gasteiger partial charge in [0.1, 0.15) is 6.54 Å². The van der Waals surface area contributed by atoms with E-state index in [1.807, 2.05) is 0 Å². The standard InChI is InChI=1S/C20H17ClN4O4/c1-3-10-24(20(26)15-6-9-17(25(27)28)13(2)11-15)12-18-22-19(23-29-18)14-4-7-16(21)8-5-14/h3-9,11H,1,10,12H2,2H3. The van der Waals surface area contributed by atoms with Crippen molar-refractivity contribution in [2.75, 3.05) is 6.54 Å². The fraction of sp³-hybridized carbons (Fsp3) is 0.150. The van der Waals surface area contributed by atoms with Crippen LogP contribution < -0.4 is 0 Å². The highest BCUT2D eigenvalue weighted by atomic mass is 35.5. The van der Waals surface area contributed by atoms with Crippen molar-refractivity contribution in [1.82, 2.24) is 15.0 Å². The molecule has 0 unspecified atom stereocenters. The van der Waals surface area contributed by atoms with Crippen LogP contribution in [0, 0.1) is 17.0 Å². The Bertz CT molecular complexity index is 1060. The molecule has 1 aromatic heterocycles. The Hall–Kier alpha value is -3.52. The molecular weight excluding hydrogens is 396 g/mol. The highest BCUT2D eigenvalue weighted by Crippen LogP contribution is 2.22. The van der Waals surface area contributed by atoms with Gasteiger partial charge < -0.3 is 9.42 Å². The molecule has 1 amide bonds. The minimum atomic E-state index is -0.484. The molecule has 0 bridgehead atoms. The molecule has 0 spiro atoms. The maximum Gasteiger partial charge on any atom is 0.272 e. The molecule has 3 rings (SSSR count). The Morgan fingerprint density at radius 1 is 1.31 bits per heavy atom. The van der Waals surface area contributed by atoms with E-state index in [9.17, 15) is 14.9 Å². The fourth-order valence-corrected chi connectivity index (χ4v) is 2.88. The van der Waals surface area contributed by atoms with Gasteiger partial charge in [-0.1, -0.05) is 22.8 Å². The first kappa shape index (κ1) is 20.2. The van der Waals surface area contributed by atoms with E-state index in [2.05, 4.69) is 16.7 Å². The average Bonchev–Trinajstić information content (AvgIpc) is 3.16. The Labute approximate surface area is 171 Å². The van der Waals surface area contributed by atoms with E-state index in [1.54, 1.807) is 37.3 Å². The van der Waals surface area contributed by atoms with Crippen LogP contribution in [0.3, 0.4) is 0 Å². The third-order valence-corrected chi connectivity index (χ3v) is 4.43. The monoisotopic (exact) mass is 412 g/mol. The fourth-order valence-electron chi connectivity index (χ4n) is 2.75. The van der Waals surface area contributed by atoms with Gasteiger partial charge in [-0.3, -0.25) is 14.9 Å². The Kier molecular flexibility index (Phi) is 6.04. The van der Waals surface area contributed by atoms with Crippen molar-refractivity contribution in [2.45, 2.75) is 13.5 Å². The van der Waals surface area contributed by atoms with E-state index in [0.29, 0.717) is 22.0 Å². The van der Waals surface area contributed by atoms with Gasteiger partial charge in [-0.2, -0.15) is 4.98 Å². The SMILES string of the molecule is C=CCN(Cc1nc(-c2ccc(Cl)cc2)no1)C(=O)c1ccc([N+](=O)[O-])c(C)c1. The molecule has 0 radical (unpaired) electrons. The van der Waals surface area contributed by atoms with Crippen molar-refractivity contribution >= 4 is 23.2 Å². The van der Waals surface area contributed by atoms with Crippen molar-refractivity contribution in [3.05, 3.63) is 87.3 Å². The molecule has 0 fully saturated rings. The second kappa shape index (κ2) is 8.66. The number of nitro groups is 1. The Morgan fingerprint density at radius 3 is 2.66 bits per heavy atom. The van der Waals surface area contributed by atoms with Crippen LogP contribution in [0.25, 0.3) is 11.4 Å². The highest BCUT2D eigenvalue weighted by Gasteiger charge is 2.21. The maximum absolute atomic E-state index is 12.9. The molecule has 0 aliphatic carbocycles. The number of rotatable bonds is 7. The molecule has 2 aromatic carbocycles. The zero-order valence-electron chi connectivity index (χ0n) is 15.5. The molecule has 29 heavy (non-hydrogen) atoms. The van der Waals surface area contributed by atoms with Gasteiger partial charge in [-0.25, -0.2) is 0 Å². The molecule has 0 saturated heterocycles. The smallest absolute Gasteiger partial charge is 0.272 e. The van der Waals surface area contributed by atoms with Crippen molar-refractivity contribution in [2.24, 2.45) is 0 Å². The van der Waals surface area contributed by atoms with E-state index in [0.717, 1.165) is 5.56 Å². The number of benzene rings is 2. The second-order valence-corrected chi connectivity index (χ2v) is 6.69. The molecular formula is C20H17ClN4O4. The summed E-state index contributed by atoms with van der Waals surface area (Å²) < 4.78 is 5.27. The van der Waals surface area contributed by atoms with Crippen LogP contribution in [0.15, 0.2) is 59.6 Å². The summed E-state index contributed by atoms with van der Waals surface area (Å²) >= 11 is 5.88. The number of carbonyl (C=O) groups is 1. The van der Waals surface area contributed by atoms with Gasteiger partial charge >= 0.3 is 0 Å². The summed E-state index contributed by atoms with van der Waals surface area (Å²) in [6, 6.07) is 11.2. The van der Waals surface area contributed by atoms with Gasteiger partial charge in [0.05, 0.1) is 4.92 Å². The third-order valence-electron chi connectivity index (χ3n) is 4.17. The van der Waals surface area contributed by atoms with E-state index < -0.39 is 4.92 Å². The summed E-state index contributed by atoms with van der Waals surface area (Å²) in [5.74, 6) is 0.312. The molecule has 3 aromatic rings. The number of halogens is 1. The zero-order chi connectivity index (χ0) is 21.0. The van der Waals surface area contributed by atoms with E-state index in [4.69, 9.17) is 16.1 Å². The summed E-state index contributed by atoms with van der Waals surface area (Å²) in [5.41, 5.74) is 1.42. The number of carbonyl (C=O) groups excluding carboxylic acids is 1. The van der Waals surface area contributed by atoms with Gasteiger partial charge in [0.15, 0.2) is 0 Å². The predicted molar refractivity (Wildman–Crippen MR) is 108 cm³/mol. The van der Waals surface area contributed by atoms with Crippen molar-refractivity contribution in [3.63, 3.8) is 0 Å². The van der Waals surface area contributed by atoms with Crippen LogP contribution in [0.1, 0.15) is 21.8 Å². The molecule has 1 heterocycles. The molecule has 8 nitrogen and oxygen atoms in total. The van der Waals surface area contributed by atoms with Crippen LogP contribution in [-0.2, 0) is 6.54 Å². The van der Waals surface area contributed by atoms with Gasteiger partial charge in [0.2, 0.25) is 11.7 Å². The normalized spacial score (nSPS) is 10.6. The summed E-state index contributed by atoms with van der Waals surface area (Å²) in [5, 5.41) is 15.5. The van der Waals surface area contributed by atoms with E-state index >= 15 is 0 Å². The van der Waals surface area contributed by atoms with Gasteiger partial charge in [0, 0.05) is 34.3 Å². The number of nitrogens with zero attached hydrogens (tertiary/aromatic N) is 4. The third kappa shape index (κ3) is 4.67. The number of hydrogen-bond acceptors (Lipinski definition) is 6. The molecule has 9 heteroatoms. The van der Waals surface area contributed by atoms with Crippen LogP contribution in [0.5, 0.6) is 0 Å². The number of amides is 1. The minimum Gasteiger partial charge on any atom is -0.337 e. The summed E-state index contributed by atoms with van der Waals surface area (Å²) in [6.45, 7) is 5.57. The summed E-state index contributed by atoms with van der Waals surface area (Å²) in [4.78, 5) is 29.2. The van der Waals surface area contributed by atoms with Crippen molar-refractivity contribution in [3.8, 4) is 11.4 Å². The van der Waals surface area contributed by atoms with Crippen LogP contribution in [0.2, 0.25) is 5.02 Å². The topological polar surface area (TPSA) is 102 Å². The lowest BCUT2D eigenvalue weighted by molar-refractivity contribution is -0.385. The van der Waals surface area contributed by atoms with E-state index in [-0.39, 0.29) is 30.6 Å². The maximum atomic E-state index is 12.9. The van der Waals surface area contributed by atoms with E-state index in [1.165, 1.54) is 23.1 Å². The van der Waals surface area contributed by atoms with Crippen LogP contribution in [-0.4, -0.2) is 32.4 Å². The van der Waals surface area contributed by atoms with Gasteiger partial charge in [-0.05, 0) is 43.3 Å². The highest BCUT2D eigenvalue weighted by molar-refractivity contribution is 6.30.